The van der Waals surface area contributed by atoms with Crippen molar-refractivity contribution in [2.45, 2.75) is 25.4 Å². The molecule has 3 aromatic rings. The topological polar surface area (TPSA) is 35.6 Å². The highest BCUT2D eigenvalue weighted by Gasteiger charge is 2.29. The average Bonchev–Trinajstić information content (AvgIpc) is 2.79. The van der Waals surface area contributed by atoms with Crippen LogP contribution in [-0.2, 0) is 6.54 Å². The molecular formula is C25H25F2N3O. The van der Waals surface area contributed by atoms with Gasteiger partial charge in [-0.3, -0.25) is 9.80 Å². The van der Waals surface area contributed by atoms with Gasteiger partial charge in [0.05, 0.1) is 0 Å². The number of urea groups is 1. The van der Waals surface area contributed by atoms with Crippen molar-refractivity contribution in [2.24, 2.45) is 0 Å². The van der Waals surface area contributed by atoms with Gasteiger partial charge in [-0.1, -0.05) is 30.3 Å². The van der Waals surface area contributed by atoms with Crippen LogP contribution in [0.4, 0.5) is 25.0 Å². The van der Waals surface area contributed by atoms with E-state index < -0.39 is 0 Å². The summed E-state index contributed by atoms with van der Waals surface area (Å²) in [7, 11) is 0. The zero-order valence-electron chi connectivity index (χ0n) is 17.2. The molecule has 0 aliphatic carbocycles. The molecule has 0 radical (unpaired) electrons. The van der Waals surface area contributed by atoms with Crippen LogP contribution >= 0.6 is 0 Å². The van der Waals surface area contributed by atoms with Gasteiger partial charge < -0.3 is 5.32 Å². The van der Waals surface area contributed by atoms with E-state index in [0.29, 0.717) is 11.4 Å². The third kappa shape index (κ3) is 5.47. The molecule has 4 rings (SSSR count). The van der Waals surface area contributed by atoms with Gasteiger partial charge in [0, 0.05) is 37.1 Å². The van der Waals surface area contributed by atoms with Crippen LogP contribution in [0.5, 0.6) is 0 Å². The highest BCUT2D eigenvalue weighted by molar-refractivity contribution is 6.02. The highest BCUT2D eigenvalue weighted by Crippen LogP contribution is 2.26. The Hall–Kier alpha value is -3.25. The molecule has 0 spiro atoms. The lowest BCUT2D eigenvalue weighted by atomic mass is 10.0. The normalized spacial score (nSPS) is 14.9. The molecule has 0 atom stereocenters. The fourth-order valence-corrected chi connectivity index (χ4v) is 3.99. The van der Waals surface area contributed by atoms with Crippen molar-refractivity contribution in [3.63, 3.8) is 0 Å². The van der Waals surface area contributed by atoms with Crippen LogP contribution in [-0.4, -0.2) is 30.1 Å². The predicted octanol–water partition coefficient (Wildman–Crippen LogP) is 5.67. The summed E-state index contributed by atoms with van der Waals surface area (Å²) in [5.74, 6) is -0.709. The second kappa shape index (κ2) is 9.71. The molecule has 31 heavy (non-hydrogen) atoms. The van der Waals surface area contributed by atoms with E-state index in [9.17, 15) is 13.6 Å². The Morgan fingerprint density at radius 3 is 2.06 bits per heavy atom. The van der Waals surface area contributed by atoms with Crippen molar-refractivity contribution >= 4 is 17.4 Å². The second-order valence-corrected chi connectivity index (χ2v) is 7.78. The number of rotatable bonds is 5. The van der Waals surface area contributed by atoms with E-state index in [0.717, 1.165) is 32.5 Å². The zero-order valence-corrected chi connectivity index (χ0v) is 17.2. The summed E-state index contributed by atoms with van der Waals surface area (Å²) in [6.45, 7) is 2.61. The molecule has 1 saturated heterocycles. The first-order valence-electron chi connectivity index (χ1n) is 10.5. The molecule has 0 aromatic heterocycles. The lowest BCUT2D eigenvalue weighted by molar-refractivity contribution is 0.200. The van der Waals surface area contributed by atoms with E-state index in [-0.39, 0.29) is 23.7 Å². The first-order chi connectivity index (χ1) is 15.1. The summed E-state index contributed by atoms with van der Waals surface area (Å²) in [6.07, 6.45) is 1.61. The first-order valence-corrected chi connectivity index (χ1v) is 10.5. The highest BCUT2D eigenvalue weighted by atomic mass is 19.1. The maximum absolute atomic E-state index is 13.5. The molecule has 2 amide bonds. The van der Waals surface area contributed by atoms with Crippen molar-refractivity contribution < 1.29 is 13.6 Å². The monoisotopic (exact) mass is 421 g/mol. The summed E-state index contributed by atoms with van der Waals surface area (Å²) >= 11 is 0. The van der Waals surface area contributed by atoms with Gasteiger partial charge in [-0.15, -0.1) is 0 Å². The third-order valence-electron chi connectivity index (χ3n) is 5.59. The molecule has 1 heterocycles. The van der Waals surface area contributed by atoms with Crippen molar-refractivity contribution in [2.75, 3.05) is 23.3 Å². The van der Waals surface area contributed by atoms with Gasteiger partial charge in [-0.05, 0) is 66.9 Å². The lowest BCUT2D eigenvalue weighted by Crippen LogP contribution is -2.49. The fraction of sp³-hybridized carbons (Fsp3) is 0.240. The van der Waals surface area contributed by atoms with Gasteiger partial charge in [-0.2, -0.15) is 0 Å². The molecular weight excluding hydrogens is 396 g/mol. The number of nitrogens with zero attached hydrogens (tertiary/aromatic N) is 2. The van der Waals surface area contributed by atoms with Gasteiger partial charge in [0.15, 0.2) is 0 Å². The molecule has 1 aliphatic rings. The summed E-state index contributed by atoms with van der Waals surface area (Å²) in [5.41, 5.74) is 2.42. The Bertz CT molecular complexity index is 986. The number of halogens is 2. The molecule has 1 fully saturated rings. The number of benzene rings is 3. The minimum absolute atomic E-state index is 0.0158. The quantitative estimate of drug-likeness (QED) is 0.576. The molecule has 1 N–H and O–H groups in total. The number of carbonyl (C=O) groups is 1. The first kappa shape index (κ1) is 21.0. The van der Waals surface area contributed by atoms with Gasteiger partial charge in [0.2, 0.25) is 0 Å². The number of likely N-dealkylation sites (tertiary alicyclic amines) is 1. The van der Waals surface area contributed by atoms with Crippen LogP contribution in [0.3, 0.4) is 0 Å². The Kier molecular flexibility index (Phi) is 6.57. The van der Waals surface area contributed by atoms with Gasteiger partial charge in [0.25, 0.3) is 0 Å². The summed E-state index contributed by atoms with van der Waals surface area (Å²) in [4.78, 5) is 17.2. The number of hydrogen-bond acceptors (Lipinski definition) is 2. The van der Waals surface area contributed by atoms with Crippen LogP contribution in [0.15, 0.2) is 78.9 Å². The average molecular weight is 421 g/mol. The van der Waals surface area contributed by atoms with E-state index in [2.05, 4.69) is 22.3 Å². The molecule has 0 unspecified atom stereocenters. The third-order valence-corrected chi connectivity index (χ3v) is 5.59. The van der Waals surface area contributed by atoms with Gasteiger partial charge in [-0.25, -0.2) is 13.6 Å². The summed E-state index contributed by atoms with van der Waals surface area (Å²) in [5, 5.41) is 2.84. The van der Waals surface area contributed by atoms with E-state index in [1.165, 1.54) is 42.0 Å². The number of amides is 2. The van der Waals surface area contributed by atoms with Crippen LogP contribution < -0.4 is 10.2 Å². The van der Waals surface area contributed by atoms with E-state index in [4.69, 9.17) is 0 Å². The van der Waals surface area contributed by atoms with Crippen LogP contribution in [0, 0.1) is 11.6 Å². The van der Waals surface area contributed by atoms with Crippen LogP contribution in [0.25, 0.3) is 0 Å². The van der Waals surface area contributed by atoms with Gasteiger partial charge in [0.1, 0.15) is 11.6 Å². The molecule has 4 nitrogen and oxygen atoms in total. The van der Waals surface area contributed by atoms with Gasteiger partial charge >= 0.3 is 6.03 Å². The Morgan fingerprint density at radius 1 is 0.871 bits per heavy atom. The standard InChI is InChI=1S/C25H25F2N3O/c26-20-6-10-22(11-7-20)28-25(31)30(23-12-8-21(27)9-13-23)24-14-16-29(17-15-24)18-19-4-2-1-3-5-19/h1-13,24H,14-18H2,(H,28,31). The fourth-order valence-electron chi connectivity index (χ4n) is 3.99. The maximum Gasteiger partial charge on any atom is 0.326 e. The Balaban J connectivity index is 1.47. The van der Waals surface area contributed by atoms with E-state index in [1.807, 2.05) is 18.2 Å². The molecule has 3 aromatic carbocycles. The SMILES string of the molecule is O=C(Nc1ccc(F)cc1)N(c1ccc(F)cc1)C1CCN(Cc2ccccc2)CC1. The Labute approximate surface area is 181 Å². The van der Waals surface area contributed by atoms with Crippen molar-refractivity contribution in [1.29, 1.82) is 0 Å². The van der Waals surface area contributed by atoms with E-state index >= 15 is 0 Å². The minimum Gasteiger partial charge on any atom is -0.308 e. The van der Waals surface area contributed by atoms with Crippen molar-refractivity contribution in [1.82, 2.24) is 4.90 Å². The maximum atomic E-state index is 13.5. The number of nitrogens with one attached hydrogen (secondary N) is 1. The predicted molar refractivity (Wildman–Crippen MR) is 119 cm³/mol. The lowest BCUT2D eigenvalue weighted by Gasteiger charge is -2.38. The van der Waals surface area contributed by atoms with Crippen LogP contribution in [0.2, 0.25) is 0 Å². The number of carbonyl (C=O) groups excluding carboxylic acids is 1. The number of hydrogen-bond donors (Lipinski definition) is 1. The minimum atomic E-state index is -0.362. The molecule has 0 saturated carbocycles. The number of anilines is 2. The largest absolute Gasteiger partial charge is 0.326 e. The van der Waals surface area contributed by atoms with Crippen molar-refractivity contribution in [3.05, 3.63) is 96.1 Å². The zero-order chi connectivity index (χ0) is 21.6. The van der Waals surface area contributed by atoms with E-state index in [1.54, 1.807) is 17.0 Å². The number of piperidine rings is 1. The summed E-state index contributed by atoms with van der Waals surface area (Å²) < 4.78 is 26.7. The van der Waals surface area contributed by atoms with Crippen molar-refractivity contribution in [3.8, 4) is 0 Å². The smallest absolute Gasteiger partial charge is 0.308 e. The molecule has 160 valence electrons. The molecule has 1 aliphatic heterocycles. The Morgan fingerprint density at radius 2 is 1.45 bits per heavy atom. The molecule has 0 bridgehead atoms. The second-order valence-electron chi connectivity index (χ2n) is 7.78. The summed E-state index contributed by atoms with van der Waals surface area (Å²) in [6, 6.07) is 21.6. The molecule has 6 heteroatoms. The van der Waals surface area contributed by atoms with Crippen LogP contribution in [0.1, 0.15) is 18.4 Å².